The zero-order chi connectivity index (χ0) is 24.4. The van der Waals surface area contributed by atoms with E-state index in [1.54, 1.807) is 29.2 Å². The van der Waals surface area contributed by atoms with Crippen LogP contribution in [0.25, 0.3) is 0 Å². The van der Waals surface area contributed by atoms with Gasteiger partial charge in [0.25, 0.3) is 11.6 Å². The van der Waals surface area contributed by atoms with Crippen LogP contribution in [0, 0.1) is 10.1 Å². The molecule has 11 heteroatoms. The van der Waals surface area contributed by atoms with Gasteiger partial charge in [-0.3, -0.25) is 24.6 Å². The normalized spacial score (nSPS) is 16.3. The minimum atomic E-state index is -0.841. The van der Waals surface area contributed by atoms with Crippen LogP contribution in [-0.2, 0) is 21.9 Å². The number of hydrogen-bond acceptors (Lipinski definition) is 8. The number of nitrogens with zero attached hydrogens (tertiary/aromatic N) is 4. The number of hydrogen-bond donors (Lipinski definition) is 1. The van der Waals surface area contributed by atoms with Crippen LogP contribution in [0.3, 0.4) is 0 Å². The van der Waals surface area contributed by atoms with E-state index in [2.05, 4.69) is 10.3 Å². The number of carbonyl (C=O) groups excluding carboxylic acids is 2. The first-order valence-electron chi connectivity index (χ1n) is 10.7. The number of rotatable bonds is 7. The quantitative estimate of drug-likeness (QED) is 0.395. The molecule has 1 N–H and O–H groups in total. The Balaban J connectivity index is 1.38. The molecule has 2 aliphatic heterocycles. The Morgan fingerprint density at radius 2 is 2.00 bits per heavy atom. The highest BCUT2D eigenvalue weighted by Gasteiger charge is 2.42. The van der Waals surface area contributed by atoms with Gasteiger partial charge in [-0.15, -0.1) is 0 Å². The number of nitro groups is 1. The number of nitrogens with one attached hydrogen (secondary N) is 1. The van der Waals surface area contributed by atoms with Gasteiger partial charge >= 0.3 is 0 Å². The number of benzene rings is 2. The highest BCUT2D eigenvalue weighted by atomic mass is 32.2. The predicted octanol–water partition coefficient (Wildman–Crippen LogP) is 3.79. The third-order valence-corrected chi connectivity index (χ3v) is 6.54. The lowest BCUT2D eigenvalue weighted by atomic mass is 10.1. The van der Waals surface area contributed by atoms with Crippen LogP contribution in [0.15, 0.2) is 81.3 Å². The molecule has 2 amide bonds. The van der Waals surface area contributed by atoms with Crippen molar-refractivity contribution in [3.63, 3.8) is 0 Å². The average Bonchev–Trinajstić information content (AvgIpc) is 3.50. The largest absolute Gasteiger partial charge is 0.467 e. The molecule has 2 aliphatic rings. The molecule has 5 rings (SSSR count). The van der Waals surface area contributed by atoms with Gasteiger partial charge in [0.05, 0.1) is 29.8 Å². The molecule has 0 spiro atoms. The molecule has 2 aromatic carbocycles. The van der Waals surface area contributed by atoms with Crippen LogP contribution in [-0.4, -0.2) is 38.7 Å². The number of amidine groups is 2. The lowest BCUT2D eigenvalue weighted by molar-refractivity contribution is -0.384. The Morgan fingerprint density at radius 1 is 1.14 bits per heavy atom. The highest BCUT2D eigenvalue weighted by molar-refractivity contribution is 8.13. The molecule has 0 bridgehead atoms. The second kappa shape index (κ2) is 9.55. The van der Waals surface area contributed by atoms with Crippen molar-refractivity contribution in [1.29, 1.82) is 0 Å². The Hall–Kier alpha value is -4.25. The van der Waals surface area contributed by atoms with E-state index in [0.29, 0.717) is 33.8 Å². The van der Waals surface area contributed by atoms with Gasteiger partial charge in [0.15, 0.2) is 5.17 Å². The van der Waals surface area contributed by atoms with Gasteiger partial charge < -0.3 is 9.73 Å². The Labute approximate surface area is 203 Å². The van der Waals surface area contributed by atoms with E-state index in [9.17, 15) is 19.7 Å². The van der Waals surface area contributed by atoms with Gasteiger partial charge in [0.2, 0.25) is 5.91 Å². The van der Waals surface area contributed by atoms with E-state index < -0.39 is 16.9 Å². The SMILES string of the molecule is O=C(CC1C(=O)N=C2c3ccccc3N=C(SCc3cccc([N+](=O)[O-])c3)N21)NCc1ccco1. The molecule has 176 valence electrons. The number of amides is 2. The minimum absolute atomic E-state index is 0.00346. The average molecular weight is 490 g/mol. The van der Waals surface area contributed by atoms with Crippen LogP contribution in [0.5, 0.6) is 0 Å². The maximum absolute atomic E-state index is 12.9. The summed E-state index contributed by atoms with van der Waals surface area (Å²) >= 11 is 1.33. The van der Waals surface area contributed by atoms with Crippen molar-refractivity contribution >= 4 is 46.0 Å². The van der Waals surface area contributed by atoms with E-state index >= 15 is 0 Å². The summed E-state index contributed by atoms with van der Waals surface area (Å²) in [5, 5.41) is 14.4. The molecule has 0 aliphatic carbocycles. The van der Waals surface area contributed by atoms with Crippen LogP contribution in [0.1, 0.15) is 23.3 Å². The molecule has 1 unspecified atom stereocenters. The topological polar surface area (TPSA) is 130 Å². The third-order valence-electron chi connectivity index (χ3n) is 5.52. The maximum atomic E-state index is 12.9. The summed E-state index contributed by atoms with van der Waals surface area (Å²) < 4.78 is 5.23. The fourth-order valence-corrected chi connectivity index (χ4v) is 4.85. The van der Waals surface area contributed by atoms with Crippen LogP contribution < -0.4 is 5.32 Å². The predicted molar refractivity (Wildman–Crippen MR) is 130 cm³/mol. The number of para-hydroxylation sites is 1. The van der Waals surface area contributed by atoms with Crippen LogP contribution in [0.4, 0.5) is 11.4 Å². The standard InChI is InChI=1S/C24H19N5O5S/c30-21(25-13-17-7-4-10-34-17)12-20-23(31)27-22-18-8-1-2-9-19(18)26-24(28(20)22)35-14-15-5-3-6-16(11-15)29(32)33/h1-11,20H,12-14H2,(H,25,30). The molecule has 3 heterocycles. The van der Waals surface area contributed by atoms with Gasteiger partial charge in [0.1, 0.15) is 17.6 Å². The summed E-state index contributed by atoms with van der Waals surface area (Å²) in [5.41, 5.74) is 2.12. The smallest absolute Gasteiger partial charge is 0.271 e. The maximum Gasteiger partial charge on any atom is 0.271 e. The first-order chi connectivity index (χ1) is 17.0. The summed E-state index contributed by atoms with van der Waals surface area (Å²) in [6.45, 7) is 0.214. The minimum Gasteiger partial charge on any atom is -0.467 e. The van der Waals surface area contributed by atoms with E-state index in [0.717, 1.165) is 5.56 Å². The number of fused-ring (bicyclic) bond motifs is 3. The van der Waals surface area contributed by atoms with Crippen molar-refractivity contribution in [3.8, 4) is 0 Å². The zero-order valence-electron chi connectivity index (χ0n) is 18.3. The number of furan rings is 1. The van der Waals surface area contributed by atoms with E-state index in [1.807, 2.05) is 24.3 Å². The third kappa shape index (κ3) is 4.71. The second-order valence-electron chi connectivity index (χ2n) is 7.85. The lowest BCUT2D eigenvalue weighted by Crippen LogP contribution is -2.45. The van der Waals surface area contributed by atoms with Gasteiger partial charge in [-0.1, -0.05) is 36.0 Å². The van der Waals surface area contributed by atoms with Gasteiger partial charge in [0, 0.05) is 23.4 Å². The molecule has 1 aromatic heterocycles. The lowest BCUT2D eigenvalue weighted by Gasteiger charge is -2.30. The van der Waals surface area contributed by atoms with Crippen LogP contribution >= 0.6 is 11.8 Å². The van der Waals surface area contributed by atoms with E-state index in [1.165, 1.54) is 30.2 Å². The second-order valence-corrected chi connectivity index (χ2v) is 8.79. The highest BCUT2D eigenvalue weighted by Crippen LogP contribution is 2.35. The molecular weight excluding hydrogens is 470 g/mol. The number of nitro benzene ring substituents is 1. The number of carbonyl (C=O) groups is 2. The molecule has 0 radical (unpaired) electrons. The van der Waals surface area contributed by atoms with Gasteiger partial charge in [-0.25, -0.2) is 4.99 Å². The first-order valence-corrected chi connectivity index (χ1v) is 11.7. The number of aliphatic imine (C=N–C) groups is 2. The van der Waals surface area contributed by atoms with Crippen LogP contribution in [0.2, 0.25) is 0 Å². The van der Waals surface area contributed by atoms with E-state index in [4.69, 9.17) is 9.41 Å². The van der Waals surface area contributed by atoms with E-state index in [-0.39, 0.29) is 24.6 Å². The van der Waals surface area contributed by atoms with Gasteiger partial charge in [-0.05, 0) is 29.8 Å². The fraction of sp³-hybridized carbons (Fsp3) is 0.167. The number of thioether (sulfide) groups is 1. The molecule has 35 heavy (non-hydrogen) atoms. The van der Waals surface area contributed by atoms with Crippen molar-refractivity contribution in [2.45, 2.75) is 24.8 Å². The Bertz CT molecular complexity index is 1370. The van der Waals surface area contributed by atoms with Gasteiger partial charge in [-0.2, -0.15) is 4.99 Å². The summed E-state index contributed by atoms with van der Waals surface area (Å²) in [6.07, 6.45) is 1.42. The first kappa shape index (κ1) is 22.5. The van der Waals surface area contributed by atoms with Crippen molar-refractivity contribution in [1.82, 2.24) is 10.2 Å². The van der Waals surface area contributed by atoms with Crippen molar-refractivity contribution in [2.75, 3.05) is 0 Å². The fourth-order valence-electron chi connectivity index (χ4n) is 3.86. The molecule has 1 atom stereocenters. The summed E-state index contributed by atoms with van der Waals surface area (Å²) in [5.74, 6) is 0.699. The summed E-state index contributed by atoms with van der Waals surface area (Å²) in [6, 6.07) is 16.3. The molecule has 0 saturated heterocycles. The Morgan fingerprint density at radius 3 is 2.80 bits per heavy atom. The van der Waals surface area contributed by atoms with Crippen molar-refractivity contribution in [2.24, 2.45) is 9.98 Å². The van der Waals surface area contributed by atoms with Crippen molar-refractivity contribution < 1.29 is 18.9 Å². The van der Waals surface area contributed by atoms with Crippen molar-refractivity contribution in [3.05, 3.63) is 93.9 Å². The molecule has 3 aromatic rings. The summed E-state index contributed by atoms with van der Waals surface area (Å²) in [4.78, 5) is 46.9. The zero-order valence-corrected chi connectivity index (χ0v) is 19.1. The molecule has 10 nitrogen and oxygen atoms in total. The Kier molecular flexibility index (Phi) is 6.15. The monoisotopic (exact) mass is 489 g/mol. The number of non-ortho nitro benzene ring substituents is 1. The molecule has 0 fully saturated rings. The summed E-state index contributed by atoms with van der Waals surface area (Å²) in [7, 11) is 0. The molecule has 0 saturated carbocycles. The molecular formula is C24H19N5O5S.